The van der Waals surface area contributed by atoms with Crippen LogP contribution in [0, 0.1) is 6.92 Å². The van der Waals surface area contributed by atoms with E-state index in [4.69, 9.17) is 16.3 Å². The van der Waals surface area contributed by atoms with Gasteiger partial charge in [-0.2, -0.15) is 5.10 Å². The minimum absolute atomic E-state index is 0.0943. The molecule has 0 saturated carbocycles. The number of rotatable bonds is 6. The first-order chi connectivity index (χ1) is 12.5. The summed E-state index contributed by atoms with van der Waals surface area (Å²) in [5, 5.41) is 15.8. The van der Waals surface area contributed by atoms with E-state index in [9.17, 15) is 9.90 Å². The van der Waals surface area contributed by atoms with E-state index in [0.29, 0.717) is 23.1 Å². The molecule has 3 aromatic rings. The van der Waals surface area contributed by atoms with Gasteiger partial charge >= 0.3 is 0 Å². The van der Waals surface area contributed by atoms with Crippen molar-refractivity contribution >= 4 is 17.6 Å². The van der Waals surface area contributed by atoms with Crippen molar-refractivity contribution in [3.05, 3.63) is 82.1 Å². The van der Waals surface area contributed by atoms with E-state index in [2.05, 4.69) is 5.10 Å². The van der Waals surface area contributed by atoms with Gasteiger partial charge in [0.05, 0.1) is 12.0 Å². The number of carbonyl (C=O) groups excluding carboxylic acids is 1. The van der Waals surface area contributed by atoms with Gasteiger partial charge in [-0.3, -0.25) is 4.68 Å². The molecule has 0 aliphatic carbocycles. The Morgan fingerprint density at radius 2 is 1.96 bits per heavy atom. The highest BCUT2D eigenvalue weighted by Gasteiger charge is 2.18. The van der Waals surface area contributed by atoms with Crippen molar-refractivity contribution in [2.24, 2.45) is 0 Å². The van der Waals surface area contributed by atoms with Crippen molar-refractivity contribution in [2.45, 2.75) is 26.5 Å². The number of aromatic nitrogens is 2. The second-order valence-corrected chi connectivity index (χ2v) is 6.47. The fraction of sp³-hybridized carbons (Fsp3) is 0.200. The number of hydrogen-bond acceptors (Lipinski definition) is 4. The zero-order valence-corrected chi connectivity index (χ0v) is 15.2. The zero-order valence-electron chi connectivity index (χ0n) is 14.5. The second kappa shape index (κ2) is 7.62. The predicted molar refractivity (Wildman–Crippen MR) is 97.3 cm³/mol. The minimum atomic E-state index is -1.30. The minimum Gasteiger partial charge on any atom is -0.543 e. The third kappa shape index (κ3) is 3.89. The first-order valence-corrected chi connectivity index (χ1v) is 8.57. The van der Waals surface area contributed by atoms with Gasteiger partial charge in [0.25, 0.3) is 0 Å². The lowest BCUT2D eigenvalue weighted by atomic mass is 10.1. The molecule has 1 unspecified atom stereocenters. The fourth-order valence-electron chi connectivity index (χ4n) is 2.82. The second-order valence-electron chi connectivity index (χ2n) is 6.04. The molecule has 0 saturated heterocycles. The summed E-state index contributed by atoms with van der Waals surface area (Å²) in [6.07, 6.45) is 0. The van der Waals surface area contributed by atoms with E-state index in [-0.39, 0.29) is 11.7 Å². The van der Waals surface area contributed by atoms with Crippen LogP contribution < -0.4 is 9.84 Å². The van der Waals surface area contributed by atoms with Crippen LogP contribution in [0.15, 0.2) is 54.6 Å². The van der Waals surface area contributed by atoms with Gasteiger partial charge in [-0.05, 0) is 43.7 Å². The lowest BCUT2D eigenvalue weighted by Crippen LogP contribution is -2.23. The third-order valence-electron chi connectivity index (χ3n) is 4.16. The van der Waals surface area contributed by atoms with E-state index in [1.807, 2.05) is 49.4 Å². The monoisotopic (exact) mass is 369 g/mol. The lowest BCUT2D eigenvalue weighted by molar-refractivity contribution is -0.255. The molecule has 0 bridgehead atoms. The van der Waals surface area contributed by atoms with Crippen LogP contribution in [0.3, 0.4) is 0 Å². The number of ether oxygens (including phenoxy) is 1. The maximum atomic E-state index is 11.1. The van der Waals surface area contributed by atoms with Gasteiger partial charge in [-0.1, -0.05) is 41.9 Å². The van der Waals surface area contributed by atoms with Gasteiger partial charge in [0.15, 0.2) is 0 Å². The molecule has 0 fully saturated rings. The van der Waals surface area contributed by atoms with Crippen LogP contribution in [0.5, 0.6) is 5.75 Å². The van der Waals surface area contributed by atoms with Gasteiger partial charge in [-0.15, -0.1) is 0 Å². The predicted octanol–water partition coefficient (Wildman–Crippen LogP) is 3.40. The molecule has 3 rings (SSSR count). The molecule has 2 aromatic carbocycles. The number of aromatic carboxylic acids is 1. The topological polar surface area (TPSA) is 67.2 Å². The lowest BCUT2D eigenvalue weighted by Gasteiger charge is -2.19. The van der Waals surface area contributed by atoms with Crippen LogP contribution in [-0.2, 0) is 6.61 Å². The van der Waals surface area contributed by atoms with Crippen LogP contribution in [0.4, 0.5) is 0 Å². The molecule has 1 heterocycles. The molecule has 5 nitrogen and oxygen atoms in total. The summed E-state index contributed by atoms with van der Waals surface area (Å²) in [7, 11) is 0. The Hall–Kier alpha value is -2.79. The molecule has 1 aromatic heterocycles. The Bertz CT molecular complexity index is 922. The molecule has 0 aliphatic rings. The van der Waals surface area contributed by atoms with Crippen LogP contribution in [0.25, 0.3) is 0 Å². The molecular weight excluding hydrogens is 352 g/mol. The Balaban J connectivity index is 1.91. The summed E-state index contributed by atoms with van der Waals surface area (Å²) in [5.41, 5.74) is 2.49. The molecule has 0 amide bonds. The largest absolute Gasteiger partial charge is 0.543 e. The molecule has 134 valence electrons. The van der Waals surface area contributed by atoms with Crippen LogP contribution >= 0.6 is 11.6 Å². The number of aryl methyl sites for hydroxylation is 1. The van der Waals surface area contributed by atoms with Crippen molar-refractivity contribution in [3.63, 3.8) is 0 Å². The standard InChI is InChI=1S/C20H19ClN2O3/c1-13-10-18(20(24)25)22-23(13)14(2)17-11-16(21)8-9-19(17)26-12-15-6-4-3-5-7-15/h3-11,14H,12H2,1-2H3,(H,24,25)/p-1. The van der Waals surface area contributed by atoms with Gasteiger partial charge in [0.2, 0.25) is 0 Å². The number of hydrogen-bond donors (Lipinski definition) is 0. The molecule has 0 spiro atoms. The van der Waals surface area contributed by atoms with E-state index in [1.165, 1.54) is 6.07 Å². The third-order valence-corrected chi connectivity index (χ3v) is 4.39. The normalized spacial score (nSPS) is 12.0. The Morgan fingerprint density at radius 1 is 1.23 bits per heavy atom. The maximum Gasteiger partial charge on any atom is 0.125 e. The Kier molecular flexibility index (Phi) is 5.28. The molecule has 0 aliphatic heterocycles. The SMILES string of the molecule is Cc1cc(C(=O)[O-])nn1C(C)c1cc(Cl)ccc1OCc1ccccc1. The van der Waals surface area contributed by atoms with Crippen LogP contribution in [0.1, 0.15) is 40.3 Å². The molecule has 0 N–H and O–H groups in total. The van der Waals surface area contributed by atoms with Crippen molar-refractivity contribution in [1.82, 2.24) is 9.78 Å². The van der Waals surface area contributed by atoms with Gasteiger partial charge in [0.1, 0.15) is 18.1 Å². The van der Waals surface area contributed by atoms with E-state index in [0.717, 1.165) is 11.1 Å². The number of carboxylic acid groups (broad SMARTS) is 1. The van der Waals surface area contributed by atoms with Crippen molar-refractivity contribution in [2.75, 3.05) is 0 Å². The summed E-state index contributed by atoms with van der Waals surface area (Å²) in [5.74, 6) is -0.624. The zero-order chi connectivity index (χ0) is 18.7. The van der Waals surface area contributed by atoms with Crippen LogP contribution in [0.2, 0.25) is 5.02 Å². The molecular formula is C20H18ClN2O3-. The Morgan fingerprint density at radius 3 is 2.62 bits per heavy atom. The summed E-state index contributed by atoms with van der Waals surface area (Å²) in [6.45, 7) is 4.13. The Labute approximate surface area is 156 Å². The van der Waals surface area contributed by atoms with E-state index >= 15 is 0 Å². The maximum absolute atomic E-state index is 11.1. The quantitative estimate of drug-likeness (QED) is 0.668. The van der Waals surface area contributed by atoms with E-state index < -0.39 is 5.97 Å². The number of benzene rings is 2. The highest BCUT2D eigenvalue weighted by atomic mass is 35.5. The van der Waals surface area contributed by atoms with Crippen molar-refractivity contribution in [3.8, 4) is 5.75 Å². The molecule has 1 atom stereocenters. The highest BCUT2D eigenvalue weighted by molar-refractivity contribution is 6.30. The summed E-state index contributed by atoms with van der Waals surface area (Å²) >= 11 is 6.17. The first kappa shape index (κ1) is 18.0. The smallest absolute Gasteiger partial charge is 0.125 e. The molecule has 26 heavy (non-hydrogen) atoms. The van der Waals surface area contributed by atoms with E-state index in [1.54, 1.807) is 17.7 Å². The number of nitrogens with zero attached hydrogens (tertiary/aromatic N) is 2. The number of carboxylic acids is 1. The van der Waals surface area contributed by atoms with Crippen molar-refractivity contribution in [1.29, 1.82) is 0 Å². The summed E-state index contributed by atoms with van der Waals surface area (Å²) in [4.78, 5) is 11.1. The first-order valence-electron chi connectivity index (χ1n) is 8.19. The summed E-state index contributed by atoms with van der Waals surface area (Å²) < 4.78 is 7.62. The van der Waals surface area contributed by atoms with Gasteiger partial charge in [-0.25, -0.2) is 0 Å². The fourth-order valence-corrected chi connectivity index (χ4v) is 3.00. The van der Waals surface area contributed by atoms with Crippen LogP contribution in [-0.4, -0.2) is 15.7 Å². The highest BCUT2D eigenvalue weighted by Crippen LogP contribution is 2.31. The average molecular weight is 370 g/mol. The van der Waals surface area contributed by atoms with Crippen molar-refractivity contribution < 1.29 is 14.6 Å². The number of carbonyl (C=O) groups is 1. The number of halogens is 1. The summed E-state index contributed by atoms with van der Waals surface area (Å²) in [6, 6.07) is 16.5. The molecule has 0 radical (unpaired) electrons. The van der Waals surface area contributed by atoms with Gasteiger partial charge in [0, 0.05) is 16.3 Å². The van der Waals surface area contributed by atoms with Gasteiger partial charge < -0.3 is 14.6 Å². The average Bonchev–Trinajstić information content (AvgIpc) is 3.03. The molecule has 6 heteroatoms.